The van der Waals surface area contributed by atoms with Crippen LogP contribution in [0.4, 0.5) is 4.79 Å². The molecule has 3 amide bonds. The van der Waals surface area contributed by atoms with Crippen LogP contribution in [0.3, 0.4) is 0 Å². The van der Waals surface area contributed by atoms with Gasteiger partial charge in [-0.05, 0) is 21.0 Å². The zero-order valence-electron chi connectivity index (χ0n) is 11.9. The number of imide groups is 1. The minimum Gasteiger partial charge on any atom is -0.322 e. The lowest BCUT2D eigenvalue weighted by molar-refractivity contribution is -0.119. The number of hydrogen-bond acceptors (Lipinski definition) is 4. The van der Waals surface area contributed by atoms with Crippen LogP contribution in [-0.4, -0.2) is 85.4 Å². The molecule has 0 bridgehead atoms. The third-order valence-electron chi connectivity index (χ3n) is 3.11. The highest BCUT2D eigenvalue weighted by atomic mass is 35.5. The van der Waals surface area contributed by atoms with Gasteiger partial charge >= 0.3 is 6.03 Å². The van der Waals surface area contributed by atoms with Gasteiger partial charge in [-0.1, -0.05) is 0 Å². The minimum absolute atomic E-state index is 0.343. The first-order valence-electron chi connectivity index (χ1n) is 6.51. The molecule has 0 saturated carbocycles. The predicted molar refractivity (Wildman–Crippen MR) is 75.4 cm³/mol. The molecule has 0 radical (unpaired) electrons. The number of alkyl halides is 1. The maximum atomic E-state index is 11.8. The van der Waals surface area contributed by atoms with Crippen LogP contribution in [-0.2, 0) is 4.79 Å². The van der Waals surface area contributed by atoms with Crippen molar-refractivity contribution in [3.63, 3.8) is 0 Å². The second kappa shape index (κ2) is 7.67. The molecule has 110 valence electrons. The maximum Gasteiger partial charge on any atom is 0.324 e. The summed E-state index contributed by atoms with van der Waals surface area (Å²) in [5.74, 6) is -0.443. The van der Waals surface area contributed by atoms with Crippen molar-refractivity contribution in [2.24, 2.45) is 0 Å². The topological polar surface area (TPSA) is 55.9 Å². The fourth-order valence-electron chi connectivity index (χ4n) is 1.80. The van der Waals surface area contributed by atoms with Crippen molar-refractivity contribution in [3.8, 4) is 0 Å². The van der Waals surface area contributed by atoms with Gasteiger partial charge < -0.3 is 9.80 Å². The van der Waals surface area contributed by atoms with E-state index in [0.717, 1.165) is 26.2 Å². The number of halogens is 1. The molecule has 1 saturated heterocycles. The average Bonchev–Trinajstić information content (AvgIpc) is 2.36. The summed E-state index contributed by atoms with van der Waals surface area (Å²) in [6.45, 7) is 6.52. The molecule has 1 aliphatic rings. The van der Waals surface area contributed by atoms with Crippen molar-refractivity contribution >= 4 is 23.5 Å². The van der Waals surface area contributed by atoms with Gasteiger partial charge in [-0.25, -0.2) is 4.79 Å². The summed E-state index contributed by atoms with van der Waals surface area (Å²) < 4.78 is 0. The highest BCUT2D eigenvalue weighted by Gasteiger charge is 2.23. The van der Waals surface area contributed by atoms with Crippen molar-refractivity contribution in [3.05, 3.63) is 0 Å². The molecular weight excluding hydrogens is 268 g/mol. The van der Waals surface area contributed by atoms with Crippen LogP contribution in [0.1, 0.15) is 6.92 Å². The number of nitrogens with zero attached hydrogens (tertiary/aromatic N) is 3. The van der Waals surface area contributed by atoms with E-state index in [1.165, 1.54) is 0 Å². The molecule has 0 aromatic carbocycles. The molecule has 0 aliphatic carbocycles. The average molecular weight is 291 g/mol. The zero-order chi connectivity index (χ0) is 14.4. The maximum absolute atomic E-state index is 11.8. The molecule has 1 fully saturated rings. The van der Waals surface area contributed by atoms with Crippen molar-refractivity contribution < 1.29 is 9.59 Å². The van der Waals surface area contributed by atoms with Gasteiger partial charge in [0.25, 0.3) is 0 Å². The molecule has 1 heterocycles. The van der Waals surface area contributed by atoms with Crippen LogP contribution in [0.5, 0.6) is 0 Å². The smallest absolute Gasteiger partial charge is 0.322 e. The Morgan fingerprint density at radius 2 is 1.84 bits per heavy atom. The zero-order valence-corrected chi connectivity index (χ0v) is 12.6. The number of hydrogen-bond donors (Lipinski definition) is 1. The molecule has 1 atom stereocenters. The first-order chi connectivity index (χ1) is 8.90. The lowest BCUT2D eigenvalue weighted by atomic mass is 10.3. The number of carbonyl (C=O) groups is 2. The Hall–Kier alpha value is -0.850. The van der Waals surface area contributed by atoms with Gasteiger partial charge in [0.1, 0.15) is 5.38 Å². The first kappa shape index (κ1) is 16.2. The van der Waals surface area contributed by atoms with Crippen molar-refractivity contribution in [1.82, 2.24) is 20.0 Å². The largest absolute Gasteiger partial charge is 0.324 e. The van der Waals surface area contributed by atoms with Gasteiger partial charge in [-0.3, -0.25) is 15.0 Å². The van der Waals surface area contributed by atoms with Crippen molar-refractivity contribution in [2.75, 3.05) is 53.4 Å². The van der Waals surface area contributed by atoms with E-state index in [9.17, 15) is 9.59 Å². The molecule has 1 rings (SSSR count). The molecule has 1 N–H and O–H groups in total. The Balaban J connectivity index is 2.29. The normalized spacial score (nSPS) is 18.5. The summed E-state index contributed by atoms with van der Waals surface area (Å²) in [5, 5.41) is 1.61. The summed E-state index contributed by atoms with van der Waals surface area (Å²) >= 11 is 5.61. The summed E-state index contributed by atoms with van der Waals surface area (Å²) in [4.78, 5) is 29.2. The summed E-state index contributed by atoms with van der Waals surface area (Å²) in [5.41, 5.74) is 0. The van der Waals surface area contributed by atoms with E-state index in [1.807, 2.05) is 14.1 Å². The Morgan fingerprint density at radius 3 is 2.32 bits per heavy atom. The van der Waals surface area contributed by atoms with Crippen LogP contribution in [0, 0.1) is 0 Å². The highest BCUT2D eigenvalue weighted by Crippen LogP contribution is 2.02. The van der Waals surface area contributed by atoms with Crippen LogP contribution >= 0.6 is 11.6 Å². The van der Waals surface area contributed by atoms with Crippen LogP contribution < -0.4 is 5.32 Å². The molecule has 1 aliphatic heterocycles. The van der Waals surface area contributed by atoms with Gasteiger partial charge in [-0.2, -0.15) is 0 Å². The van der Waals surface area contributed by atoms with Gasteiger partial charge in [0.05, 0.1) is 0 Å². The second-order valence-electron chi connectivity index (χ2n) is 5.04. The van der Waals surface area contributed by atoms with Crippen molar-refractivity contribution in [1.29, 1.82) is 0 Å². The lowest BCUT2D eigenvalue weighted by Crippen LogP contribution is -2.54. The first-order valence-corrected chi connectivity index (χ1v) is 6.94. The van der Waals surface area contributed by atoms with E-state index in [-0.39, 0.29) is 6.03 Å². The second-order valence-corrected chi connectivity index (χ2v) is 5.70. The van der Waals surface area contributed by atoms with Crippen LogP contribution in [0.25, 0.3) is 0 Å². The fraction of sp³-hybridized carbons (Fsp3) is 0.833. The number of nitrogens with one attached hydrogen (secondary N) is 1. The SMILES string of the molecule is CC(Cl)C(=O)NC(=O)N1CCN(CCN(C)C)CC1. The van der Waals surface area contributed by atoms with E-state index < -0.39 is 11.3 Å². The number of likely N-dealkylation sites (N-methyl/N-ethyl adjacent to an activating group) is 1. The fourth-order valence-corrected chi connectivity index (χ4v) is 1.85. The van der Waals surface area contributed by atoms with E-state index in [4.69, 9.17) is 11.6 Å². The number of amides is 3. The van der Waals surface area contributed by atoms with Gasteiger partial charge in [0, 0.05) is 39.3 Å². The van der Waals surface area contributed by atoms with Crippen LogP contribution in [0.2, 0.25) is 0 Å². The minimum atomic E-state index is -0.690. The highest BCUT2D eigenvalue weighted by molar-refractivity contribution is 6.31. The Morgan fingerprint density at radius 1 is 1.26 bits per heavy atom. The molecule has 19 heavy (non-hydrogen) atoms. The van der Waals surface area contributed by atoms with E-state index >= 15 is 0 Å². The summed E-state index contributed by atoms with van der Waals surface area (Å²) in [6, 6.07) is -0.343. The Labute approximate surface area is 119 Å². The van der Waals surface area contributed by atoms with Gasteiger partial charge in [-0.15, -0.1) is 11.6 Å². The van der Waals surface area contributed by atoms with Crippen LogP contribution in [0.15, 0.2) is 0 Å². The quantitative estimate of drug-likeness (QED) is 0.742. The number of carbonyl (C=O) groups excluding carboxylic acids is 2. The lowest BCUT2D eigenvalue weighted by Gasteiger charge is -2.35. The molecular formula is C12H23ClN4O2. The molecule has 0 aromatic rings. The van der Waals surface area contributed by atoms with E-state index in [0.29, 0.717) is 13.1 Å². The van der Waals surface area contributed by atoms with Crippen molar-refractivity contribution in [2.45, 2.75) is 12.3 Å². The molecule has 0 aromatic heterocycles. The summed E-state index contributed by atoms with van der Waals surface area (Å²) in [7, 11) is 4.09. The monoisotopic (exact) mass is 290 g/mol. The third-order valence-corrected chi connectivity index (χ3v) is 3.31. The van der Waals surface area contributed by atoms with Gasteiger partial charge in [0.15, 0.2) is 0 Å². The van der Waals surface area contributed by atoms with E-state index in [2.05, 4.69) is 15.1 Å². The molecule has 6 nitrogen and oxygen atoms in total. The standard InChI is InChI=1S/C12H23ClN4O2/c1-10(13)11(18)14-12(19)17-8-6-16(7-9-17)5-4-15(2)3/h10H,4-9H2,1-3H3,(H,14,18,19). The molecule has 7 heteroatoms. The van der Waals surface area contributed by atoms with Gasteiger partial charge in [0.2, 0.25) is 5.91 Å². The summed E-state index contributed by atoms with van der Waals surface area (Å²) in [6.07, 6.45) is 0. The number of piperazine rings is 1. The van der Waals surface area contributed by atoms with E-state index in [1.54, 1.807) is 11.8 Å². The predicted octanol–water partition coefficient (Wildman–Crippen LogP) is 0.0291. The third kappa shape index (κ3) is 5.76. The Kier molecular flexibility index (Phi) is 6.54. The number of rotatable bonds is 4. The molecule has 1 unspecified atom stereocenters. The number of urea groups is 1. The Bertz CT molecular complexity index is 315. The molecule has 0 spiro atoms.